The highest BCUT2D eigenvalue weighted by atomic mass is 32.1. The van der Waals surface area contributed by atoms with Gasteiger partial charge in [-0.2, -0.15) is 0 Å². The van der Waals surface area contributed by atoms with E-state index < -0.39 is 0 Å². The number of anilines is 1. The lowest BCUT2D eigenvalue weighted by Crippen LogP contribution is -2.37. The summed E-state index contributed by atoms with van der Waals surface area (Å²) >= 11 is 1.48. The Balaban J connectivity index is 1.50. The molecule has 1 amide bonds. The van der Waals surface area contributed by atoms with Crippen LogP contribution in [0.2, 0.25) is 0 Å². The third-order valence-corrected chi connectivity index (χ3v) is 6.88. The molecule has 1 atom stereocenters. The molecule has 0 spiro atoms. The van der Waals surface area contributed by atoms with Crippen LogP contribution in [0.4, 0.5) is 5.88 Å². The molecule has 0 saturated carbocycles. The number of benzene rings is 1. The predicted octanol–water partition coefficient (Wildman–Crippen LogP) is 4.82. The van der Waals surface area contributed by atoms with Gasteiger partial charge in [0.05, 0.1) is 23.1 Å². The number of ether oxygens (including phenoxy) is 1. The number of carbonyl (C=O) groups is 1. The Morgan fingerprint density at radius 1 is 1.13 bits per heavy atom. The minimum atomic E-state index is 0.0399. The molecule has 7 heteroatoms. The van der Waals surface area contributed by atoms with E-state index in [1.54, 1.807) is 0 Å². The maximum Gasteiger partial charge on any atom is 0.264 e. The summed E-state index contributed by atoms with van der Waals surface area (Å²) in [6, 6.07) is 13.9. The van der Waals surface area contributed by atoms with E-state index in [-0.39, 0.29) is 12.0 Å². The van der Waals surface area contributed by atoms with Gasteiger partial charge in [-0.05, 0) is 37.1 Å². The number of hydrogen-bond donors (Lipinski definition) is 0. The van der Waals surface area contributed by atoms with E-state index in [4.69, 9.17) is 9.26 Å². The second-order valence-electron chi connectivity index (χ2n) is 8.17. The lowest BCUT2D eigenvalue weighted by molar-refractivity contribution is 0.0511. The fourth-order valence-electron chi connectivity index (χ4n) is 4.43. The lowest BCUT2D eigenvalue weighted by Gasteiger charge is -2.26. The van der Waals surface area contributed by atoms with Crippen LogP contribution >= 0.6 is 11.3 Å². The van der Waals surface area contributed by atoms with Crippen molar-refractivity contribution < 1.29 is 14.1 Å². The number of carbonyl (C=O) groups excluding carboxylic acids is 1. The summed E-state index contributed by atoms with van der Waals surface area (Å²) in [7, 11) is 0. The van der Waals surface area contributed by atoms with Crippen LogP contribution in [0.1, 0.15) is 40.9 Å². The topological polar surface area (TPSA) is 58.8 Å². The molecule has 3 aromatic rings. The predicted molar refractivity (Wildman–Crippen MR) is 121 cm³/mol. The minimum Gasteiger partial charge on any atom is -0.376 e. The molecule has 6 nitrogen and oxygen atoms in total. The molecule has 0 aliphatic carbocycles. The third kappa shape index (κ3) is 4.38. The largest absolute Gasteiger partial charge is 0.376 e. The van der Waals surface area contributed by atoms with E-state index in [0.717, 1.165) is 73.0 Å². The van der Waals surface area contributed by atoms with Crippen molar-refractivity contribution in [2.45, 2.75) is 38.3 Å². The highest BCUT2D eigenvalue weighted by Gasteiger charge is 2.30. The quantitative estimate of drug-likeness (QED) is 0.530. The number of amides is 1. The summed E-state index contributed by atoms with van der Waals surface area (Å²) in [5.74, 6) is 0.839. The molecule has 2 fully saturated rings. The van der Waals surface area contributed by atoms with E-state index in [0.29, 0.717) is 13.1 Å². The zero-order chi connectivity index (χ0) is 21.0. The fourth-order valence-corrected chi connectivity index (χ4v) is 5.13. The van der Waals surface area contributed by atoms with Gasteiger partial charge in [-0.3, -0.25) is 4.79 Å². The van der Waals surface area contributed by atoms with Crippen molar-refractivity contribution in [3.8, 4) is 11.3 Å². The van der Waals surface area contributed by atoms with Crippen LogP contribution < -0.4 is 4.90 Å². The maximum absolute atomic E-state index is 13.4. The molecule has 2 saturated heterocycles. The third-order valence-electron chi connectivity index (χ3n) is 6.02. The Bertz CT molecular complexity index is 991. The van der Waals surface area contributed by atoms with Gasteiger partial charge in [0.2, 0.25) is 5.88 Å². The molecule has 2 aliphatic rings. The standard InChI is InChI=1S/C24H27N3O3S/c28-23(21-11-7-15-31-21)27(16-19-10-6-14-29-19)17-20-22(18-8-2-1-3-9-18)25-30-24(20)26-12-4-5-13-26/h1-3,7-9,11,15,19H,4-6,10,12-14,16-17H2/t19-/m1/s1. The van der Waals surface area contributed by atoms with Crippen LogP contribution in [0.15, 0.2) is 52.4 Å². The summed E-state index contributed by atoms with van der Waals surface area (Å²) in [6.07, 6.45) is 4.41. The van der Waals surface area contributed by atoms with Gasteiger partial charge in [-0.25, -0.2) is 0 Å². The van der Waals surface area contributed by atoms with Crippen LogP contribution in [0.5, 0.6) is 0 Å². The molecular weight excluding hydrogens is 410 g/mol. The molecule has 2 aliphatic heterocycles. The normalized spacial score (nSPS) is 18.6. The molecule has 0 N–H and O–H groups in total. The summed E-state index contributed by atoms with van der Waals surface area (Å²) in [5.41, 5.74) is 2.81. The summed E-state index contributed by atoms with van der Waals surface area (Å²) in [4.78, 5) is 18.3. The van der Waals surface area contributed by atoms with Gasteiger partial charge >= 0.3 is 0 Å². The van der Waals surface area contributed by atoms with Gasteiger partial charge in [-0.15, -0.1) is 11.3 Å². The smallest absolute Gasteiger partial charge is 0.264 e. The number of nitrogens with zero attached hydrogens (tertiary/aromatic N) is 3. The van der Waals surface area contributed by atoms with Crippen molar-refractivity contribution in [2.24, 2.45) is 0 Å². The van der Waals surface area contributed by atoms with Crippen LogP contribution in [-0.2, 0) is 11.3 Å². The molecular formula is C24H27N3O3S. The van der Waals surface area contributed by atoms with Crippen molar-refractivity contribution in [2.75, 3.05) is 31.1 Å². The highest BCUT2D eigenvalue weighted by molar-refractivity contribution is 7.12. The van der Waals surface area contributed by atoms with Crippen molar-refractivity contribution in [1.82, 2.24) is 10.1 Å². The number of aromatic nitrogens is 1. The molecule has 0 radical (unpaired) electrons. The lowest BCUT2D eigenvalue weighted by atomic mass is 10.1. The maximum atomic E-state index is 13.4. The van der Waals surface area contributed by atoms with Crippen LogP contribution in [0.3, 0.4) is 0 Å². The van der Waals surface area contributed by atoms with Crippen molar-refractivity contribution >= 4 is 23.1 Å². The van der Waals surface area contributed by atoms with Gasteiger partial charge in [0.25, 0.3) is 5.91 Å². The summed E-state index contributed by atoms with van der Waals surface area (Å²) in [5, 5.41) is 6.40. The Morgan fingerprint density at radius 3 is 2.68 bits per heavy atom. The van der Waals surface area contributed by atoms with Gasteiger partial charge in [0.1, 0.15) is 5.69 Å². The van der Waals surface area contributed by atoms with E-state index in [9.17, 15) is 4.79 Å². The summed E-state index contributed by atoms with van der Waals surface area (Å²) < 4.78 is 11.8. The molecule has 2 aromatic heterocycles. The Morgan fingerprint density at radius 2 is 1.97 bits per heavy atom. The number of hydrogen-bond acceptors (Lipinski definition) is 6. The molecule has 162 valence electrons. The van der Waals surface area contributed by atoms with Gasteiger partial charge < -0.3 is 19.1 Å². The molecule has 4 heterocycles. The van der Waals surface area contributed by atoms with Crippen LogP contribution in [0.25, 0.3) is 11.3 Å². The highest BCUT2D eigenvalue weighted by Crippen LogP contribution is 2.34. The number of thiophene rings is 1. The Kier molecular flexibility index (Phi) is 6.04. The van der Waals surface area contributed by atoms with Crippen LogP contribution in [-0.4, -0.2) is 48.3 Å². The average Bonchev–Trinajstić information content (AvgIpc) is 3.61. The monoisotopic (exact) mass is 437 g/mol. The first-order chi connectivity index (χ1) is 15.3. The zero-order valence-electron chi connectivity index (χ0n) is 17.5. The van der Waals surface area contributed by atoms with Gasteiger partial charge in [0, 0.05) is 31.8 Å². The Hall–Kier alpha value is -2.64. The van der Waals surface area contributed by atoms with E-state index >= 15 is 0 Å². The molecule has 1 aromatic carbocycles. The first-order valence-electron chi connectivity index (χ1n) is 11.0. The minimum absolute atomic E-state index is 0.0399. The zero-order valence-corrected chi connectivity index (χ0v) is 18.4. The van der Waals surface area contributed by atoms with Crippen molar-refractivity contribution in [1.29, 1.82) is 0 Å². The second kappa shape index (κ2) is 9.24. The fraction of sp³-hybridized carbons (Fsp3) is 0.417. The molecule has 31 heavy (non-hydrogen) atoms. The van der Waals surface area contributed by atoms with Gasteiger partial charge in [0.15, 0.2) is 0 Å². The molecule has 5 rings (SSSR count). The second-order valence-corrected chi connectivity index (χ2v) is 9.12. The Labute approximate surface area is 186 Å². The van der Waals surface area contributed by atoms with Gasteiger partial charge in [-0.1, -0.05) is 41.6 Å². The first kappa shape index (κ1) is 20.3. The summed E-state index contributed by atoms with van der Waals surface area (Å²) in [6.45, 7) is 3.72. The van der Waals surface area contributed by atoms with Crippen molar-refractivity contribution in [3.63, 3.8) is 0 Å². The SMILES string of the molecule is O=C(c1cccs1)N(Cc1c(-c2ccccc2)noc1N1CCCC1)C[C@H]1CCCO1. The van der Waals surface area contributed by atoms with E-state index in [2.05, 4.69) is 10.1 Å². The molecule has 0 unspecified atom stereocenters. The molecule has 0 bridgehead atoms. The van der Waals surface area contributed by atoms with E-state index in [1.165, 1.54) is 11.3 Å². The number of rotatable bonds is 7. The van der Waals surface area contributed by atoms with Crippen molar-refractivity contribution in [3.05, 3.63) is 58.3 Å². The van der Waals surface area contributed by atoms with Crippen LogP contribution in [0, 0.1) is 0 Å². The average molecular weight is 438 g/mol. The van der Waals surface area contributed by atoms with E-state index in [1.807, 2.05) is 52.7 Å². The first-order valence-corrected chi connectivity index (χ1v) is 11.9.